The van der Waals surface area contributed by atoms with Gasteiger partial charge >= 0.3 is 0 Å². The molecule has 108 valence electrons. The third-order valence-electron chi connectivity index (χ3n) is 3.80. The van der Waals surface area contributed by atoms with Gasteiger partial charge in [-0.05, 0) is 12.8 Å². The second-order valence-electron chi connectivity index (χ2n) is 5.20. The van der Waals surface area contributed by atoms with E-state index in [1.165, 1.54) is 0 Å². The molecule has 2 aliphatic rings. The first kappa shape index (κ1) is 14.4. The van der Waals surface area contributed by atoms with Gasteiger partial charge in [0.1, 0.15) is 12.7 Å². The predicted molar refractivity (Wildman–Crippen MR) is 66.6 cm³/mol. The number of ether oxygens (including phenoxy) is 2. The number of ketones is 1. The van der Waals surface area contributed by atoms with Crippen LogP contribution in [-0.2, 0) is 19.1 Å². The molecule has 2 rings (SSSR count). The molecule has 1 saturated carbocycles. The molecule has 0 radical (unpaired) electrons. The van der Waals surface area contributed by atoms with Crippen LogP contribution in [0.25, 0.3) is 0 Å². The molecule has 0 bridgehead atoms. The summed E-state index contributed by atoms with van der Waals surface area (Å²) < 4.78 is 10.6. The Morgan fingerprint density at radius 2 is 2.11 bits per heavy atom. The van der Waals surface area contributed by atoms with Crippen LogP contribution in [0.1, 0.15) is 19.3 Å². The number of aliphatic hydroxyl groups excluding tert-OH is 1. The van der Waals surface area contributed by atoms with Crippen LogP contribution in [0, 0.1) is 5.92 Å². The lowest BCUT2D eigenvalue weighted by Crippen LogP contribution is -2.55. The van der Waals surface area contributed by atoms with Gasteiger partial charge in [-0.25, -0.2) is 0 Å². The van der Waals surface area contributed by atoms with E-state index >= 15 is 0 Å². The fourth-order valence-corrected chi connectivity index (χ4v) is 2.49. The first-order valence-corrected chi connectivity index (χ1v) is 6.72. The molecule has 1 heterocycles. The number of hydrogen-bond donors (Lipinski definition) is 1. The number of nitrogens with zero attached hydrogens (tertiary/aromatic N) is 1. The normalized spacial score (nSPS) is 28.0. The van der Waals surface area contributed by atoms with Crippen molar-refractivity contribution in [2.24, 2.45) is 5.92 Å². The molecule has 0 unspecified atom stereocenters. The summed E-state index contributed by atoms with van der Waals surface area (Å²) in [5.74, 6) is -0.176. The number of carbonyl (C=O) groups excluding carboxylic acids is 2. The molecule has 1 amide bonds. The number of carbonyl (C=O) groups is 2. The first-order valence-electron chi connectivity index (χ1n) is 6.72. The summed E-state index contributed by atoms with van der Waals surface area (Å²) in [4.78, 5) is 25.5. The Morgan fingerprint density at radius 1 is 1.37 bits per heavy atom. The van der Waals surface area contributed by atoms with Gasteiger partial charge in [-0.1, -0.05) is 6.42 Å². The van der Waals surface area contributed by atoms with Gasteiger partial charge in [0, 0.05) is 19.6 Å². The van der Waals surface area contributed by atoms with Crippen LogP contribution >= 0.6 is 0 Å². The highest BCUT2D eigenvalue weighted by Crippen LogP contribution is 2.29. The smallest absolute Gasteiger partial charge is 0.225 e. The largest absolute Gasteiger partial charge is 0.388 e. The highest BCUT2D eigenvalue weighted by atomic mass is 16.5. The molecule has 2 fully saturated rings. The highest BCUT2D eigenvalue weighted by molar-refractivity contribution is 5.86. The van der Waals surface area contributed by atoms with E-state index in [0.29, 0.717) is 13.2 Å². The van der Waals surface area contributed by atoms with Crippen LogP contribution in [0.2, 0.25) is 0 Å². The molecule has 0 aromatic carbocycles. The van der Waals surface area contributed by atoms with Crippen LogP contribution in [0.3, 0.4) is 0 Å². The van der Waals surface area contributed by atoms with Gasteiger partial charge in [0.15, 0.2) is 5.78 Å². The molecule has 1 saturated heterocycles. The van der Waals surface area contributed by atoms with Crippen molar-refractivity contribution in [1.29, 1.82) is 0 Å². The monoisotopic (exact) mass is 271 g/mol. The van der Waals surface area contributed by atoms with Crippen molar-refractivity contribution in [2.75, 3.05) is 33.4 Å². The molecular formula is C13H21NO5. The maximum atomic E-state index is 12.2. The Morgan fingerprint density at radius 3 is 2.63 bits per heavy atom. The second kappa shape index (κ2) is 6.45. The first-order chi connectivity index (χ1) is 9.15. The standard InChI is InChI=1S/C13H21NO5/c1-18-8-10-5-14(13(17)9-3-2-4-9)6-12(19-10)11(16)7-15/h9-10,12,15H,2-8H2,1H3/t10-,12+/m0/s1. The lowest BCUT2D eigenvalue weighted by atomic mass is 9.84. The molecule has 0 aromatic rings. The lowest BCUT2D eigenvalue weighted by Gasteiger charge is -2.40. The average molecular weight is 271 g/mol. The molecule has 6 heteroatoms. The number of aliphatic hydroxyl groups is 1. The summed E-state index contributed by atoms with van der Waals surface area (Å²) in [6, 6.07) is 0. The fourth-order valence-electron chi connectivity index (χ4n) is 2.49. The van der Waals surface area contributed by atoms with Gasteiger partial charge in [0.25, 0.3) is 0 Å². The Bertz CT molecular complexity index is 342. The molecular weight excluding hydrogens is 250 g/mol. The van der Waals surface area contributed by atoms with Crippen molar-refractivity contribution < 1.29 is 24.2 Å². The van der Waals surface area contributed by atoms with E-state index < -0.39 is 12.7 Å². The Balaban J connectivity index is 2.00. The van der Waals surface area contributed by atoms with Crippen LogP contribution < -0.4 is 0 Å². The third-order valence-corrected chi connectivity index (χ3v) is 3.80. The Hall–Kier alpha value is -0.980. The van der Waals surface area contributed by atoms with Gasteiger partial charge in [-0.15, -0.1) is 0 Å². The fraction of sp³-hybridized carbons (Fsp3) is 0.846. The van der Waals surface area contributed by atoms with Crippen molar-refractivity contribution >= 4 is 11.7 Å². The van der Waals surface area contributed by atoms with E-state index in [2.05, 4.69) is 0 Å². The zero-order valence-electron chi connectivity index (χ0n) is 11.2. The van der Waals surface area contributed by atoms with Gasteiger partial charge < -0.3 is 19.5 Å². The number of rotatable bonds is 5. The van der Waals surface area contributed by atoms with E-state index in [-0.39, 0.29) is 30.3 Å². The molecule has 1 aliphatic carbocycles. The Kier molecular flexibility index (Phi) is 4.90. The topological polar surface area (TPSA) is 76.1 Å². The van der Waals surface area contributed by atoms with Crippen LogP contribution in [0.5, 0.6) is 0 Å². The van der Waals surface area contributed by atoms with Crippen molar-refractivity contribution in [3.05, 3.63) is 0 Å². The summed E-state index contributed by atoms with van der Waals surface area (Å²) in [6.07, 6.45) is 1.93. The Labute approximate surface area is 112 Å². The number of morpholine rings is 1. The highest BCUT2D eigenvalue weighted by Gasteiger charge is 2.37. The quantitative estimate of drug-likeness (QED) is 0.735. The average Bonchev–Trinajstić information content (AvgIpc) is 2.35. The summed E-state index contributed by atoms with van der Waals surface area (Å²) in [5.41, 5.74) is 0. The van der Waals surface area contributed by atoms with Gasteiger partial charge in [0.05, 0.1) is 19.3 Å². The maximum Gasteiger partial charge on any atom is 0.225 e. The zero-order valence-corrected chi connectivity index (χ0v) is 11.2. The minimum Gasteiger partial charge on any atom is -0.388 e. The van der Waals surface area contributed by atoms with Crippen molar-refractivity contribution in [1.82, 2.24) is 4.90 Å². The van der Waals surface area contributed by atoms with Crippen molar-refractivity contribution in [2.45, 2.75) is 31.5 Å². The molecule has 1 N–H and O–H groups in total. The summed E-state index contributed by atoms with van der Waals surface area (Å²) in [7, 11) is 1.55. The molecule has 1 aliphatic heterocycles. The second-order valence-corrected chi connectivity index (χ2v) is 5.20. The molecule has 19 heavy (non-hydrogen) atoms. The minimum atomic E-state index is -0.733. The molecule has 0 aromatic heterocycles. The third kappa shape index (κ3) is 3.32. The zero-order chi connectivity index (χ0) is 13.8. The van der Waals surface area contributed by atoms with E-state index in [9.17, 15) is 9.59 Å². The van der Waals surface area contributed by atoms with E-state index in [1.54, 1.807) is 12.0 Å². The van der Waals surface area contributed by atoms with Gasteiger partial charge in [0.2, 0.25) is 5.91 Å². The van der Waals surface area contributed by atoms with E-state index in [0.717, 1.165) is 19.3 Å². The molecule has 2 atom stereocenters. The summed E-state index contributed by atoms with van der Waals surface area (Å²) in [5, 5.41) is 8.93. The number of Topliss-reactive ketones (excluding diaryl/α,β-unsaturated/α-hetero) is 1. The van der Waals surface area contributed by atoms with Gasteiger partial charge in [-0.3, -0.25) is 9.59 Å². The van der Waals surface area contributed by atoms with Gasteiger partial charge in [-0.2, -0.15) is 0 Å². The number of amides is 1. The van der Waals surface area contributed by atoms with Crippen molar-refractivity contribution in [3.8, 4) is 0 Å². The summed E-state index contributed by atoms with van der Waals surface area (Å²) >= 11 is 0. The lowest BCUT2D eigenvalue weighted by molar-refractivity contribution is -0.164. The number of hydrogen-bond acceptors (Lipinski definition) is 5. The van der Waals surface area contributed by atoms with E-state index in [4.69, 9.17) is 14.6 Å². The molecule has 0 spiro atoms. The van der Waals surface area contributed by atoms with Crippen LogP contribution in [-0.4, -0.2) is 67.3 Å². The summed E-state index contributed by atoms with van der Waals surface area (Å²) in [6.45, 7) is 0.479. The van der Waals surface area contributed by atoms with Crippen LogP contribution in [0.4, 0.5) is 0 Å². The van der Waals surface area contributed by atoms with Crippen molar-refractivity contribution in [3.63, 3.8) is 0 Å². The SMILES string of the molecule is COC[C@@H]1CN(C(=O)C2CCC2)C[C@H](C(=O)CO)O1. The minimum absolute atomic E-state index is 0.103. The van der Waals surface area contributed by atoms with Crippen LogP contribution in [0.15, 0.2) is 0 Å². The van der Waals surface area contributed by atoms with E-state index in [1.807, 2.05) is 0 Å². The predicted octanol–water partition coefficient (Wildman–Crippen LogP) is -0.410. The maximum absolute atomic E-state index is 12.2. The number of methoxy groups -OCH3 is 1. The molecule has 6 nitrogen and oxygen atoms in total.